The van der Waals surface area contributed by atoms with E-state index in [4.69, 9.17) is 4.98 Å². The molecule has 0 aliphatic carbocycles. The highest BCUT2D eigenvalue weighted by Gasteiger charge is 2.09. The molecule has 0 atom stereocenters. The van der Waals surface area contributed by atoms with Crippen molar-refractivity contribution in [2.24, 2.45) is 0 Å². The lowest BCUT2D eigenvalue weighted by Crippen LogP contribution is -1.93. The van der Waals surface area contributed by atoms with Gasteiger partial charge in [-0.25, -0.2) is 4.98 Å². The third-order valence-corrected chi connectivity index (χ3v) is 5.74. The number of imidazole rings is 1. The number of aromatic nitrogens is 4. The van der Waals surface area contributed by atoms with Crippen LogP contribution in [0.15, 0.2) is 97.5 Å². The first-order chi connectivity index (χ1) is 17.2. The minimum absolute atomic E-state index is 0.600. The van der Waals surface area contributed by atoms with E-state index in [0.717, 1.165) is 56.1 Å². The quantitative estimate of drug-likeness (QED) is 0.274. The summed E-state index contributed by atoms with van der Waals surface area (Å²) >= 11 is 0. The molecule has 166 valence electrons. The van der Waals surface area contributed by atoms with Crippen LogP contribution < -0.4 is 10.6 Å². The van der Waals surface area contributed by atoms with Crippen molar-refractivity contribution in [3.8, 4) is 17.5 Å². The first kappa shape index (κ1) is 20.4. The number of hydrogen-bond donors (Lipinski definition) is 3. The van der Waals surface area contributed by atoms with Crippen LogP contribution in [0.1, 0.15) is 5.56 Å². The van der Waals surface area contributed by atoms with Gasteiger partial charge >= 0.3 is 0 Å². The van der Waals surface area contributed by atoms with Gasteiger partial charge in [0.15, 0.2) is 0 Å². The molecule has 3 aromatic heterocycles. The van der Waals surface area contributed by atoms with Crippen molar-refractivity contribution >= 4 is 44.7 Å². The van der Waals surface area contributed by atoms with Crippen molar-refractivity contribution in [2.45, 2.75) is 0 Å². The zero-order valence-corrected chi connectivity index (χ0v) is 18.5. The Hall–Kier alpha value is -5.22. The van der Waals surface area contributed by atoms with Crippen molar-refractivity contribution in [1.29, 1.82) is 5.26 Å². The number of aromatic amines is 1. The number of pyridine rings is 2. The van der Waals surface area contributed by atoms with Crippen molar-refractivity contribution in [3.05, 3.63) is 103 Å². The van der Waals surface area contributed by atoms with Crippen molar-refractivity contribution < 1.29 is 0 Å². The molecule has 35 heavy (non-hydrogen) atoms. The molecular weight excluding hydrogens is 434 g/mol. The molecule has 0 unspecified atom stereocenters. The summed E-state index contributed by atoms with van der Waals surface area (Å²) in [7, 11) is 0. The number of H-pyrrole nitrogens is 1. The molecule has 3 N–H and O–H groups in total. The number of nitriles is 1. The molecule has 0 fully saturated rings. The van der Waals surface area contributed by atoms with E-state index in [9.17, 15) is 5.26 Å². The molecule has 0 radical (unpaired) electrons. The van der Waals surface area contributed by atoms with E-state index >= 15 is 0 Å². The van der Waals surface area contributed by atoms with Crippen LogP contribution in [0.4, 0.5) is 22.7 Å². The topological polar surface area (TPSA) is 102 Å². The lowest BCUT2D eigenvalue weighted by molar-refractivity contribution is 1.32. The predicted molar refractivity (Wildman–Crippen MR) is 139 cm³/mol. The van der Waals surface area contributed by atoms with Gasteiger partial charge in [0, 0.05) is 52.3 Å². The minimum Gasteiger partial charge on any atom is -0.355 e. The van der Waals surface area contributed by atoms with E-state index in [2.05, 4.69) is 37.7 Å². The highest BCUT2D eigenvalue weighted by molar-refractivity contribution is 5.94. The fraction of sp³-hybridized carbons (Fsp3) is 0. The third kappa shape index (κ3) is 4.12. The Morgan fingerprint density at radius 3 is 2.49 bits per heavy atom. The minimum atomic E-state index is 0.600. The summed E-state index contributed by atoms with van der Waals surface area (Å²) < 4.78 is 0. The van der Waals surface area contributed by atoms with Gasteiger partial charge in [-0.2, -0.15) is 5.26 Å². The fourth-order valence-corrected chi connectivity index (χ4v) is 4.05. The summed E-state index contributed by atoms with van der Waals surface area (Å²) in [6, 6.07) is 27.6. The Bertz CT molecular complexity index is 1720. The maximum atomic E-state index is 9.27. The van der Waals surface area contributed by atoms with Gasteiger partial charge in [0.2, 0.25) is 0 Å². The van der Waals surface area contributed by atoms with Crippen LogP contribution >= 0.6 is 0 Å². The van der Waals surface area contributed by atoms with Gasteiger partial charge in [-0.3, -0.25) is 9.97 Å². The second kappa shape index (κ2) is 8.61. The molecule has 7 nitrogen and oxygen atoms in total. The second-order valence-electron chi connectivity index (χ2n) is 8.09. The van der Waals surface area contributed by atoms with E-state index in [0.29, 0.717) is 5.56 Å². The average Bonchev–Trinajstić information content (AvgIpc) is 3.33. The Kier molecular flexibility index (Phi) is 5.02. The van der Waals surface area contributed by atoms with Gasteiger partial charge in [0.05, 0.1) is 28.2 Å². The van der Waals surface area contributed by atoms with Gasteiger partial charge in [-0.15, -0.1) is 0 Å². The maximum absolute atomic E-state index is 9.27. The largest absolute Gasteiger partial charge is 0.355 e. The molecule has 0 bridgehead atoms. The SMILES string of the molecule is N#Cc1ccc2nccc(Nc3ccc4nc(-c5cccc(Nc6ccncc6)c5)[nH]c4c3)c2c1. The molecule has 3 heterocycles. The normalized spacial score (nSPS) is 10.8. The molecule has 0 amide bonds. The summed E-state index contributed by atoms with van der Waals surface area (Å²) in [5.41, 5.74) is 7.97. The number of rotatable bonds is 5. The maximum Gasteiger partial charge on any atom is 0.138 e. The van der Waals surface area contributed by atoms with Crippen LogP contribution in [-0.2, 0) is 0 Å². The fourth-order valence-electron chi connectivity index (χ4n) is 4.05. The first-order valence-corrected chi connectivity index (χ1v) is 11.1. The number of nitrogens with zero attached hydrogens (tertiary/aromatic N) is 4. The molecule has 6 rings (SSSR count). The molecule has 0 saturated heterocycles. The molecule has 7 heteroatoms. The number of nitrogens with one attached hydrogen (secondary N) is 3. The van der Waals surface area contributed by atoms with Crippen molar-refractivity contribution in [2.75, 3.05) is 10.6 Å². The van der Waals surface area contributed by atoms with E-state index < -0.39 is 0 Å². The molecular formula is C28H19N7. The Balaban J connectivity index is 1.30. The van der Waals surface area contributed by atoms with Gasteiger partial charge < -0.3 is 15.6 Å². The summed E-state index contributed by atoms with van der Waals surface area (Å²) in [6.45, 7) is 0. The zero-order valence-electron chi connectivity index (χ0n) is 18.5. The summed E-state index contributed by atoms with van der Waals surface area (Å²) in [5.74, 6) is 0.795. The number of anilines is 4. The third-order valence-electron chi connectivity index (χ3n) is 5.74. The Morgan fingerprint density at radius 1 is 0.743 bits per heavy atom. The number of hydrogen-bond acceptors (Lipinski definition) is 6. The summed E-state index contributed by atoms with van der Waals surface area (Å²) in [4.78, 5) is 16.7. The van der Waals surface area contributed by atoms with Crippen molar-refractivity contribution in [3.63, 3.8) is 0 Å². The molecule has 0 saturated carbocycles. The van der Waals surface area contributed by atoms with Crippen LogP contribution in [-0.4, -0.2) is 19.9 Å². The number of fused-ring (bicyclic) bond motifs is 2. The lowest BCUT2D eigenvalue weighted by atomic mass is 10.1. The lowest BCUT2D eigenvalue weighted by Gasteiger charge is -2.09. The molecule has 6 aromatic rings. The summed E-state index contributed by atoms with van der Waals surface area (Å²) in [5, 5.41) is 17.0. The smallest absolute Gasteiger partial charge is 0.138 e. The Morgan fingerprint density at radius 2 is 1.60 bits per heavy atom. The average molecular weight is 454 g/mol. The standard InChI is InChI=1S/C28H19N7/c29-17-18-4-6-24-23(14-18)25(10-13-31-24)33-22-5-7-26-27(16-22)35-28(34-26)19-2-1-3-21(15-19)32-20-8-11-30-12-9-20/h1-16H,(H,30,32)(H,31,33)(H,34,35). The van der Waals surface area contributed by atoms with Gasteiger partial charge in [-0.05, 0) is 66.7 Å². The van der Waals surface area contributed by atoms with Crippen LogP contribution in [0.25, 0.3) is 33.3 Å². The second-order valence-corrected chi connectivity index (χ2v) is 8.09. The van der Waals surface area contributed by atoms with Gasteiger partial charge in [0.25, 0.3) is 0 Å². The molecule has 0 spiro atoms. The van der Waals surface area contributed by atoms with Crippen LogP contribution in [0.5, 0.6) is 0 Å². The van der Waals surface area contributed by atoms with E-state index in [1.165, 1.54) is 0 Å². The molecule has 0 aliphatic rings. The highest BCUT2D eigenvalue weighted by Crippen LogP contribution is 2.29. The van der Waals surface area contributed by atoms with Crippen LogP contribution in [0.2, 0.25) is 0 Å². The highest BCUT2D eigenvalue weighted by atomic mass is 14.9. The number of benzene rings is 3. The molecule has 3 aromatic carbocycles. The van der Waals surface area contributed by atoms with Crippen LogP contribution in [0.3, 0.4) is 0 Å². The predicted octanol–water partition coefficient (Wildman–Crippen LogP) is 6.53. The monoisotopic (exact) mass is 453 g/mol. The van der Waals surface area contributed by atoms with Gasteiger partial charge in [0.1, 0.15) is 5.82 Å². The van der Waals surface area contributed by atoms with E-state index in [-0.39, 0.29) is 0 Å². The van der Waals surface area contributed by atoms with E-state index in [1.54, 1.807) is 24.7 Å². The van der Waals surface area contributed by atoms with Crippen LogP contribution in [0, 0.1) is 11.3 Å². The summed E-state index contributed by atoms with van der Waals surface area (Å²) in [6.07, 6.45) is 5.28. The van der Waals surface area contributed by atoms with Crippen molar-refractivity contribution in [1.82, 2.24) is 19.9 Å². The van der Waals surface area contributed by atoms with Gasteiger partial charge in [-0.1, -0.05) is 12.1 Å². The molecule has 0 aliphatic heterocycles. The Labute approximate surface area is 201 Å². The zero-order chi connectivity index (χ0) is 23.6. The first-order valence-electron chi connectivity index (χ1n) is 11.1. The van der Waals surface area contributed by atoms with E-state index in [1.807, 2.05) is 66.7 Å².